The zero-order valence-electron chi connectivity index (χ0n) is 22.8. The largest absolute Gasteiger partial charge is 0.445 e. The van der Waals surface area contributed by atoms with Gasteiger partial charge in [0.2, 0.25) is 5.91 Å². The average Bonchev–Trinajstić information content (AvgIpc) is 3.77. The molecule has 7 rings (SSSR count). The van der Waals surface area contributed by atoms with Crippen LogP contribution < -0.4 is 10.2 Å². The first-order chi connectivity index (χ1) is 20.0. The predicted octanol–water partition coefficient (Wildman–Crippen LogP) is 4.08. The number of carbonyl (C=O) groups is 3. The molecule has 2 aromatic heterocycles. The van der Waals surface area contributed by atoms with E-state index in [-0.39, 0.29) is 31.1 Å². The molecule has 3 aromatic rings. The molecule has 1 aromatic carbocycles. The number of amides is 4. The lowest BCUT2D eigenvalue weighted by Crippen LogP contribution is -2.53. The number of aromatic nitrogens is 2. The highest BCUT2D eigenvalue weighted by Gasteiger charge is 2.43. The molecule has 5 heterocycles. The number of likely N-dealkylation sites (tertiary alicyclic amines) is 1. The summed E-state index contributed by atoms with van der Waals surface area (Å²) in [6.07, 6.45) is 7.25. The minimum absolute atomic E-state index is 0.0428. The van der Waals surface area contributed by atoms with Gasteiger partial charge in [0, 0.05) is 50.5 Å². The molecule has 4 amide bonds. The van der Waals surface area contributed by atoms with Gasteiger partial charge in [-0.05, 0) is 36.0 Å². The maximum atomic E-state index is 12.6. The van der Waals surface area contributed by atoms with Crippen molar-refractivity contribution in [2.24, 2.45) is 0 Å². The molecule has 3 aliphatic heterocycles. The van der Waals surface area contributed by atoms with Crippen molar-refractivity contribution in [1.82, 2.24) is 19.8 Å². The molecule has 11 nitrogen and oxygen atoms in total. The third-order valence-electron chi connectivity index (χ3n) is 8.53. The Morgan fingerprint density at radius 1 is 1.07 bits per heavy atom. The molecule has 4 fully saturated rings. The number of anilines is 1. The zero-order valence-corrected chi connectivity index (χ0v) is 22.8. The topological polar surface area (TPSA) is 115 Å². The number of benzene rings is 1. The van der Waals surface area contributed by atoms with Gasteiger partial charge in [-0.25, -0.2) is 14.6 Å². The molecule has 1 N–H and O–H groups in total. The van der Waals surface area contributed by atoms with Crippen LogP contribution in [0, 0.1) is 0 Å². The minimum atomic E-state index is -0.700. The summed E-state index contributed by atoms with van der Waals surface area (Å²) >= 11 is 0. The number of hydrogen-bond donors (Lipinski definition) is 1. The summed E-state index contributed by atoms with van der Waals surface area (Å²) in [6.45, 7) is 2.57. The fourth-order valence-corrected chi connectivity index (χ4v) is 5.98. The van der Waals surface area contributed by atoms with Crippen LogP contribution in [0.5, 0.6) is 0 Å². The summed E-state index contributed by atoms with van der Waals surface area (Å²) in [5.41, 5.74) is 3.71. The van der Waals surface area contributed by atoms with E-state index in [1.54, 1.807) is 16.0 Å². The number of rotatable bonds is 5. The van der Waals surface area contributed by atoms with Crippen molar-refractivity contribution in [2.45, 2.75) is 56.5 Å². The van der Waals surface area contributed by atoms with Crippen molar-refractivity contribution in [2.75, 3.05) is 37.7 Å². The number of nitrogens with one attached hydrogen (secondary N) is 1. The fraction of sp³-hybridized carbons (Fsp3) is 0.467. The molecule has 0 unspecified atom stereocenters. The van der Waals surface area contributed by atoms with E-state index in [9.17, 15) is 14.4 Å². The van der Waals surface area contributed by atoms with Crippen LogP contribution in [0.3, 0.4) is 0 Å². The Balaban J connectivity index is 1.00. The first-order valence-corrected chi connectivity index (χ1v) is 14.3. The fourth-order valence-electron chi connectivity index (χ4n) is 5.98. The summed E-state index contributed by atoms with van der Waals surface area (Å²) in [6, 6.07) is 11.2. The summed E-state index contributed by atoms with van der Waals surface area (Å²) in [5, 5.41) is 3.41. The van der Waals surface area contributed by atoms with E-state index in [0.29, 0.717) is 57.3 Å². The second kappa shape index (κ2) is 10.5. The van der Waals surface area contributed by atoms with Crippen LogP contribution in [-0.2, 0) is 25.6 Å². The van der Waals surface area contributed by atoms with Crippen molar-refractivity contribution in [3.8, 4) is 0 Å². The molecular formula is C30H33N5O6. The number of nitrogens with zero attached hydrogens (tertiary/aromatic N) is 4. The molecule has 4 aliphatic rings. The van der Waals surface area contributed by atoms with Gasteiger partial charge < -0.3 is 23.7 Å². The first-order valence-electron chi connectivity index (χ1n) is 14.3. The van der Waals surface area contributed by atoms with E-state index in [2.05, 4.69) is 16.1 Å². The smallest absolute Gasteiger partial charge is 0.410 e. The third-order valence-corrected chi connectivity index (χ3v) is 8.53. The number of carbonyl (C=O) groups excluding carboxylic acids is 3. The molecule has 3 saturated heterocycles. The van der Waals surface area contributed by atoms with Crippen LogP contribution in [0.2, 0.25) is 0 Å². The molecule has 1 aliphatic carbocycles. The normalized spacial score (nSPS) is 21.4. The number of fused-ring (bicyclic) bond motifs is 1. The third kappa shape index (κ3) is 5.15. The lowest BCUT2D eigenvalue weighted by molar-refractivity contribution is -0.293. The van der Waals surface area contributed by atoms with Gasteiger partial charge in [-0.3, -0.25) is 15.0 Å². The molecular weight excluding hydrogens is 526 g/mol. The quantitative estimate of drug-likeness (QED) is 0.501. The number of pyridine rings is 1. The first kappa shape index (κ1) is 26.0. The Hall–Kier alpha value is -3.96. The Kier molecular flexibility index (Phi) is 6.63. The second-order valence-corrected chi connectivity index (χ2v) is 11.3. The summed E-state index contributed by atoms with van der Waals surface area (Å²) in [5.74, 6) is -0.474. The maximum Gasteiger partial charge on any atom is 0.410 e. The summed E-state index contributed by atoms with van der Waals surface area (Å²) in [4.78, 5) is 44.7. The Morgan fingerprint density at radius 2 is 1.83 bits per heavy atom. The van der Waals surface area contributed by atoms with E-state index in [4.69, 9.17) is 19.2 Å². The van der Waals surface area contributed by atoms with Gasteiger partial charge in [0.05, 0.1) is 31.1 Å². The SMILES string of the molecule is O=C1CCN(c2cnc3c(c2)c(C2CC2)cn3C2COC3(CCN(C(=O)OCc4ccccc4)CC3)OC2)C(=O)N1. The van der Waals surface area contributed by atoms with Gasteiger partial charge in [-0.2, -0.15) is 0 Å². The Morgan fingerprint density at radius 3 is 2.54 bits per heavy atom. The van der Waals surface area contributed by atoms with E-state index in [0.717, 1.165) is 29.4 Å². The van der Waals surface area contributed by atoms with Crippen LogP contribution >= 0.6 is 0 Å². The molecule has 0 atom stereocenters. The van der Waals surface area contributed by atoms with Gasteiger partial charge in [0.15, 0.2) is 5.79 Å². The van der Waals surface area contributed by atoms with Gasteiger partial charge in [0.25, 0.3) is 0 Å². The number of ether oxygens (including phenoxy) is 3. The van der Waals surface area contributed by atoms with Crippen LogP contribution in [0.25, 0.3) is 11.0 Å². The second-order valence-electron chi connectivity index (χ2n) is 11.3. The average molecular weight is 560 g/mol. The molecule has 214 valence electrons. The highest BCUT2D eigenvalue weighted by atomic mass is 16.7. The minimum Gasteiger partial charge on any atom is -0.445 e. The monoisotopic (exact) mass is 559 g/mol. The van der Waals surface area contributed by atoms with Gasteiger partial charge >= 0.3 is 12.1 Å². The number of hydrogen-bond acceptors (Lipinski definition) is 7. The molecule has 1 saturated carbocycles. The number of imide groups is 1. The Bertz CT molecular complexity index is 1470. The lowest BCUT2D eigenvalue weighted by atomic mass is 10.0. The summed E-state index contributed by atoms with van der Waals surface area (Å²) < 4.78 is 20.4. The van der Waals surface area contributed by atoms with E-state index in [1.165, 1.54) is 5.56 Å². The van der Waals surface area contributed by atoms with Crippen LogP contribution in [0.4, 0.5) is 15.3 Å². The molecule has 0 radical (unpaired) electrons. The van der Waals surface area contributed by atoms with E-state index in [1.807, 2.05) is 36.4 Å². The van der Waals surface area contributed by atoms with Crippen molar-refractivity contribution in [3.05, 3.63) is 59.9 Å². The Labute approximate surface area is 237 Å². The number of piperidine rings is 1. The van der Waals surface area contributed by atoms with Crippen LogP contribution in [-0.4, -0.2) is 71.1 Å². The number of urea groups is 1. The lowest BCUT2D eigenvalue weighted by Gasteiger charge is -2.45. The van der Waals surface area contributed by atoms with Crippen molar-refractivity contribution < 1.29 is 28.6 Å². The molecule has 41 heavy (non-hydrogen) atoms. The zero-order chi connectivity index (χ0) is 28.0. The molecule has 1 spiro atoms. The van der Waals surface area contributed by atoms with Crippen LogP contribution in [0.15, 0.2) is 48.8 Å². The maximum absolute atomic E-state index is 12.6. The van der Waals surface area contributed by atoms with Crippen molar-refractivity contribution >= 4 is 34.8 Å². The van der Waals surface area contributed by atoms with E-state index >= 15 is 0 Å². The van der Waals surface area contributed by atoms with Crippen molar-refractivity contribution in [1.29, 1.82) is 0 Å². The van der Waals surface area contributed by atoms with Gasteiger partial charge in [-0.15, -0.1) is 0 Å². The highest BCUT2D eigenvalue weighted by Crippen LogP contribution is 2.45. The molecule has 0 bridgehead atoms. The predicted molar refractivity (Wildman–Crippen MR) is 148 cm³/mol. The van der Waals surface area contributed by atoms with E-state index < -0.39 is 11.8 Å². The molecule has 11 heteroatoms. The van der Waals surface area contributed by atoms with Crippen molar-refractivity contribution in [3.63, 3.8) is 0 Å². The highest BCUT2D eigenvalue weighted by molar-refractivity contribution is 6.06. The van der Waals surface area contributed by atoms with Crippen LogP contribution in [0.1, 0.15) is 55.2 Å². The van der Waals surface area contributed by atoms with Gasteiger partial charge in [-0.1, -0.05) is 30.3 Å². The standard InChI is InChI=1S/C30H33N5O6/c36-26-8-11-34(28(37)32-26)22-14-24-25(21-6-7-21)16-35(27(24)31-15-22)23-18-40-30(41-19-23)9-12-33(13-10-30)29(38)39-17-20-4-2-1-3-5-20/h1-5,14-16,21,23H,6-13,17-19H2,(H,32,36,37). The van der Waals surface area contributed by atoms with Gasteiger partial charge in [0.1, 0.15) is 12.3 Å². The summed E-state index contributed by atoms with van der Waals surface area (Å²) in [7, 11) is 0.